The van der Waals surface area contributed by atoms with Gasteiger partial charge in [0.2, 0.25) is 0 Å². The number of rotatable bonds is 13. The molecule has 0 aliphatic carbocycles. The lowest BCUT2D eigenvalue weighted by atomic mass is 9.97. The number of azo groups is 1. The molecular formula is C36H30N6O13. The summed E-state index contributed by atoms with van der Waals surface area (Å²) >= 11 is 0. The molecule has 0 atom stereocenters. The van der Waals surface area contributed by atoms with Crippen molar-refractivity contribution in [2.45, 2.75) is 6.92 Å². The van der Waals surface area contributed by atoms with Crippen LogP contribution in [0.1, 0.15) is 88.4 Å². The van der Waals surface area contributed by atoms with Gasteiger partial charge in [-0.1, -0.05) is 0 Å². The Kier molecular flexibility index (Phi) is 12.0. The zero-order chi connectivity index (χ0) is 40.7. The Hall–Kier alpha value is -7.96. The third-order valence-electron chi connectivity index (χ3n) is 7.83. The lowest BCUT2D eigenvalue weighted by Gasteiger charge is -2.15. The molecule has 0 aromatic heterocycles. The average molecular weight is 755 g/mol. The number of methoxy groups -OCH3 is 1. The molecule has 4 aromatic carbocycles. The van der Waals surface area contributed by atoms with E-state index in [1.807, 2.05) is 0 Å². The number of anilines is 2. The van der Waals surface area contributed by atoms with Gasteiger partial charge in [0.25, 0.3) is 23.6 Å². The van der Waals surface area contributed by atoms with Crippen molar-refractivity contribution < 1.29 is 63.5 Å². The zero-order valence-electron chi connectivity index (χ0n) is 29.1. The lowest BCUT2D eigenvalue weighted by molar-refractivity contribution is 0.0676. The van der Waals surface area contributed by atoms with Crippen LogP contribution in [0.15, 0.2) is 70.9 Å². The van der Waals surface area contributed by atoms with Gasteiger partial charge >= 0.3 is 23.9 Å². The van der Waals surface area contributed by atoms with Crippen molar-refractivity contribution in [3.63, 3.8) is 0 Å². The Morgan fingerprint density at radius 2 is 0.927 bits per heavy atom. The maximum Gasteiger partial charge on any atom is 0.336 e. The maximum atomic E-state index is 13.3. The minimum atomic E-state index is -1.59. The number of aromatic carboxylic acids is 4. The zero-order valence-corrected chi connectivity index (χ0v) is 29.1. The minimum Gasteiger partial charge on any atom is -0.494 e. The molecule has 4 rings (SSSR count). The number of carboxylic acid groups (broad SMARTS) is 4. The van der Waals surface area contributed by atoms with E-state index in [9.17, 15) is 58.8 Å². The van der Waals surface area contributed by atoms with E-state index in [4.69, 9.17) is 4.74 Å². The van der Waals surface area contributed by atoms with E-state index >= 15 is 0 Å². The second kappa shape index (κ2) is 16.6. The first-order chi connectivity index (χ1) is 26.0. The molecule has 0 fully saturated rings. The highest BCUT2D eigenvalue weighted by molar-refractivity contribution is 6.16. The number of nitrogens with zero attached hydrogens (tertiary/aromatic N) is 2. The minimum absolute atomic E-state index is 0.0671. The van der Waals surface area contributed by atoms with Gasteiger partial charge in [-0.2, -0.15) is 10.2 Å². The molecule has 19 nitrogen and oxygen atoms in total. The summed E-state index contributed by atoms with van der Waals surface area (Å²) in [6.45, 7) is 1.62. The summed E-state index contributed by atoms with van der Waals surface area (Å²) in [7, 11) is 3.75. The average Bonchev–Trinajstić information content (AvgIpc) is 3.16. The molecule has 0 saturated heterocycles. The monoisotopic (exact) mass is 754 g/mol. The number of carbonyl (C=O) groups excluding carboxylic acids is 4. The van der Waals surface area contributed by atoms with Crippen molar-refractivity contribution in [2.75, 3.05) is 31.8 Å². The van der Waals surface area contributed by atoms with E-state index in [1.54, 1.807) is 6.92 Å². The van der Waals surface area contributed by atoms with Gasteiger partial charge in [-0.05, 0) is 67.1 Å². The molecule has 0 unspecified atom stereocenters. The fourth-order valence-electron chi connectivity index (χ4n) is 5.09. The molecule has 0 bridgehead atoms. The molecule has 0 heterocycles. The standard InChI is InChI=1S/C36H30N6O13/c1-15-9-27(40-32(46)21-13-23(34(49)50)19(30(44)38-3)11-25(21)36(53)54)28(55-4)14-26(15)42-41-17-7-5-16(6-8-17)39-31(45)20-12-22(33(47)48)18(29(43)37-2)10-24(20)35(51)52/h5-14H,1-4H3,(H,37,43)(H,38,44)(H,39,45)(H,40,46)(H,47,48)(H,49,50)(H,51,52)(H,53,54). The van der Waals surface area contributed by atoms with Crippen molar-refractivity contribution in [1.29, 1.82) is 0 Å². The van der Waals surface area contributed by atoms with E-state index < -0.39 is 92.0 Å². The topological polar surface area (TPSA) is 300 Å². The van der Waals surface area contributed by atoms with Crippen LogP contribution in [0.4, 0.5) is 22.7 Å². The molecule has 8 N–H and O–H groups in total. The summed E-state index contributed by atoms with van der Waals surface area (Å²) in [5.74, 6) is -9.90. The fraction of sp³-hybridized carbons (Fsp3) is 0.111. The number of hydrogen-bond donors (Lipinski definition) is 8. The molecular weight excluding hydrogens is 724 g/mol. The molecule has 55 heavy (non-hydrogen) atoms. The Morgan fingerprint density at radius 1 is 0.527 bits per heavy atom. The highest BCUT2D eigenvalue weighted by Gasteiger charge is 2.27. The van der Waals surface area contributed by atoms with E-state index in [-0.39, 0.29) is 22.8 Å². The molecule has 0 aliphatic heterocycles. The van der Waals surface area contributed by atoms with Gasteiger partial charge in [-0.15, -0.1) is 0 Å². The van der Waals surface area contributed by atoms with E-state index in [2.05, 4.69) is 31.5 Å². The van der Waals surface area contributed by atoms with Gasteiger partial charge in [0.15, 0.2) is 0 Å². The summed E-state index contributed by atoms with van der Waals surface area (Å²) in [4.78, 5) is 98.2. The van der Waals surface area contributed by atoms with Gasteiger partial charge in [-0.3, -0.25) is 19.2 Å². The van der Waals surface area contributed by atoms with Gasteiger partial charge < -0.3 is 46.4 Å². The van der Waals surface area contributed by atoms with Gasteiger partial charge in [-0.25, -0.2) is 19.2 Å². The molecule has 0 radical (unpaired) electrons. The summed E-state index contributed by atoms with van der Waals surface area (Å²) in [6, 6.07) is 11.8. The fourth-order valence-corrected chi connectivity index (χ4v) is 5.09. The predicted molar refractivity (Wildman–Crippen MR) is 192 cm³/mol. The Balaban J connectivity index is 1.57. The van der Waals surface area contributed by atoms with Crippen molar-refractivity contribution in [1.82, 2.24) is 10.6 Å². The van der Waals surface area contributed by atoms with Crippen LogP contribution in [0.2, 0.25) is 0 Å². The number of carbonyl (C=O) groups is 8. The van der Waals surface area contributed by atoms with Crippen molar-refractivity contribution in [3.8, 4) is 5.75 Å². The first-order valence-electron chi connectivity index (χ1n) is 15.6. The van der Waals surface area contributed by atoms with Gasteiger partial charge in [0.05, 0.1) is 68.7 Å². The summed E-state index contributed by atoms with van der Waals surface area (Å²) < 4.78 is 5.38. The number of benzene rings is 4. The van der Waals surface area contributed by atoms with Gasteiger partial charge in [0, 0.05) is 25.8 Å². The number of nitrogens with one attached hydrogen (secondary N) is 4. The van der Waals surface area contributed by atoms with Crippen molar-refractivity contribution in [3.05, 3.63) is 111 Å². The summed E-state index contributed by atoms with van der Waals surface area (Å²) in [6.07, 6.45) is 0. The highest BCUT2D eigenvalue weighted by Crippen LogP contribution is 2.35. The van der Waals surface area contributed by atoms with Crippen LogP contribution < -0.4 is 26.0 Å². The largest absolute Gasteiger partial charge is 0.494 e. The first-order valence-corrected chi connectivity index (χ1v) is 15.6. The number of carboxylic acids is 4. The number of ether oxygens (including phenoxy) is 1. The molecule has 19 heteroatoms. The van der Waals surface area contributed by atoms with Crippen molar-refractivity contribution in [2.24, 2.45) is 10.2 Å². The third-order valence-corrected chi connectivity index (χ3v) is 7.83. The molecule has 4 aromatic rings. The second-order valence-electron chi connectivity index (χ2n) is 11.3. The van der Waals surface area contributed by atoms with Crippen LogP contribution in [0.5, 0.6) is 5.75 Å². The Labute approximate surface area is 309 Å². The van der Waals surface area contributed by atoms with E-state index in [1.165, 1.54) is 57.6 Å². The number of amides is 4. The molecule has 0 saturated carbocycles. The molecule has 4 amide bonds. The van der Waals surface area contributed by atoms with Crippen LogP contribution >= 0.6 is 0 Å². The first kappa shape index (κ1) is 39.8. The highest BCUT2D eigenvalue weighted by atomic mass is 16.5. The smallest absolute Gasteiger partial charge is 0.336 e. The van der Waals surface area contributed by atoms with Crippen LogP contribution in [0.3, 0.4) is 0 Å². The summed E-state index contributed by atoms with van der Waals surface area (Å²) in [5, 5.41) is 56.4. The summed E-state index contributed by atoms with van der Waals surface area (Å²) in [5.41, 5.74) is -3.07. The van der Waals surface area contributed by atoms with Crippen molar-refractivity contribution >= 4 is 70.3 Å². The Morgan fingerprint density at radius 3 is 1.31 bits per heavy atom. The maximum absolute atomic E-state index is 13.3. The van der Waals surface area contributed by atoms with Gasteiger partial charge in [0.1, 0.15) is 5.75 Å². The predicted octanol–water partition coefficient (Wildman–Crippen LogP) is 4.44. The molecule has 282 valence electrons. The second-order valence-corrected chi connectivity index (χ2v) is 11.3. The molecule has 0 spiro atoms. The van der Waals surface area contributed by atoms with Crippen LogP contribution in [0, 0.1) is 6.92 Å². The number of aryl methyl sites for hydroxylation is 1. The Bertz CT molecular complexity index is 2340. The van der Waals surface area contributed by atoms with E-state index in [0.29, 0.717) is 11.3 Å². The van der Waals surface area contributed by atoms with Crippen LogP contribution in [0.25, 0.3) is 0 Å². The van der Waals surface area contributed by atoms with E-state index in [0.717, 1.165) is 24.3 Å². The quantitative estimate of drug-likeness (QED) is 0.0877. The van der Waals surface area contributed by atoms with Crippen LogP contribution in [-0.4, -0.2) is 89.1 Å². The number of hydrogen-bond acceptors (Lipinski definition) is 11. The van der Waals surface area contributed by atoms with Crippen LogP contribution in [-0.2, 0) is 0 Å². The SMILES string of the molecule is CNC(=O)c1cc(C(=O)O)c(C(=O)Nc2ccc(N=Nc3cc(OC)c(NC(=O)c4cc(C(=O)O)c(C(=O)NC)cc4C(=O)O)cc3C)cc2)cc1C(=O)O. The molecule has 0 aliphatic rings. The normalized spacial score (nSPS) is 10.6. The third kappa shape index (κ3) is 8.75. The lowest BCUT2D eigenvalue weighted by Crippen LogP contribution is -2.24.